The van der Waals surface area contributed by atoms with Crippen LogP contribution < -0.4 is 0 Å². The average molecular weight is 341 g/mol. The molecule has 5 heteroatoms. The van der Waals surface area contributed by atoms with Crippen LogP contribution in [0.3, 0.4) is 0 Å². The number of ketones is 1. The van der Waals surface area contributed by atoms with Crippen molar-refractivity contribution < 1.29 is 13.2 Å². The van der Waals surface area contributed by atoms with E-state index >= 15 is 0 Å². The molecule has 0 aromatic heterocycles. The van der Waals surface area contributed by atoms with Crippen LogP contribution in [-0.4, -0.2) is 18.5 Å². The standard InChI is InChI=1S/C19H19NO3S/c1-14-8-10-18(11-9-14)24(22,23)20-17(12-15(2)21)13-19(20)16-6-4-3-5-7-16/h3-12,19H,13H2,1-2H3/b17-12+. The van der Waals surface area contributed by atoms with Crippen molar-refractivity contribution in [2.45, 2.75) is 31.2 Å². The van der Waals surface area contributed by atoms with Gasteiger partial charge >= 0.3 is 0 Å². The van der Waals surface area contributed by atoms with Gasteiger partial charge in [-0.25, -0.2) is 8.42 Å². The minimum atomic E-state index is -3.70. The van der Waals surface area contributed by atoms with Crippen LogP contribution in [0.2, 0.25) is 0 Å². The van der Waals surface area contributed by atoms with Crippen LogP contribution in [0.1, 0.15) is 30.5 Å². The molecule has 1 fully saturated rings. The Morgan fingerprint density at radius 2 is 1.71 bits per heavy atom. The van der Waals surface area contributed by atoms with E-state index in [1.54, 1.807) is 24.3 Å². The van der Waals surface area contributed by atoms with Crippen molar-refractivity contribution in [2.75, 3.05) is 0 Å². The number of nitrogens with zero attached hydrogens (tertiary/aromatic N) is 1. The molecule has 2 aromatic carbocycles. The molecule has 0 amide bonds. The fourth-order valence-electron chi connectivity index (χ4n) is 2.89. The summed E-state index contributed by atoms with van der Waals surface area (Å²) in [4.78, 5) is 11.7. The number of carbonyl (C=O) groups is 1. The van der Waals surface area contributed by atoms with E-state index in [0.29, 0.717) is 12.1 Å². The molecule has 1 aliphatic heterocycles. The largest absolute Gasteiger partial charge is 0.295 e. The second kappa shape index (κ2) is 6.24. The van der Waals surface area contributed by atoms with Crippen LogP contribution >= 0.6 is 0 Å². The third kappa shape index (κ3) is 2.99. The highest BCUT2D eigenvalue weighted by Gasteiger charge is 2.42. The van der Waals surface area contributed by atoms with Gasteiger partial charge < -0.3 is 0 Å². The van der Waals surface area contributed by atoms with Gasteiger partial charge in [0.05, 0.1) is 10.9 Å². The molecule has 0 N–H and O–H groups in total. The summed E-state index contributed by atoms with van der Waals surface area (Å²) < 4.78 is 27.5. The zero-order valence-electron chi connectivity index (χ0n) is 13.6. The molecule has 0 saturated carbocycles. The summed E-state index contributed by atoms with van der Waals surface area (Å²) in [7, 11) is -3.70. The minimum Gasteiger partial charge on any atom is -0.295 e. The predicted molar refractivity (Wildman–Crippen MR) is 92.8 cm³/mol. The van der Waals surface area contributed by atoms with Crippen LogP contribution in [0, 0.1) is 6.92 Å². The van der Waals surface area contributed by atoms with Gasteiger partial charge in [0.15, 0.2) is 5.78 Å². The molecule has 1 atom stereocenters. The van der Waals surface area contributed by atoms with Gasteiger partial charge in [0.2, 0.25) is 0 Å². The molecule has 0 spiro atoms. The van der Waals surface area contributed by atoms with Gasteiger partial charge in [-0.1, -0.05) is 48.0 Å². The number of hydrogen-bond donors (Lipinski definition) is 0. The number of aryl methyl sites for hydroxylation is 1. The van der Waals surface area contributed by atoms with Crippen molar-refractivity contribution in [1.82, 2.24) is 4.31 Å². The molecule has 1 heterocycles. The smallest absolute Gasteiger partial charge is 0.264 e. The molecule has 24 heavy (non-hydrogen) atoms. The molecule has 0 aliphatic carbocycles. The van der Waals surface area contributed by atoms with Crippen molar-refractivity contribution in [3.63, 3.8) is 0 Å². The van der Waals surface area contributed by atoms with Crippen LogP contribution in [0.4, 0.5) is 0 Å². The molecule has 1 saturated heterocycles. The maximum absolute atomic E-state index is 13.1. The fourth-order valence-corrected chi connectivity index (χ4v) is 4.56. The SMILES string of the molecule is CC(=O)/C=C1\CC(c2ccccc2)N1S(=O)(=O)c1ccc(C)cc1. The molecule has 1 unspecified atom stereocenters. The first-order chi connectivity index (χ1) is 11.4. The first kappa shape index (κ1) is 16.5. The van der Waals surface area contributed by atoms with Crippen LogP contribution in [0.15, 0.2) is 71.3 Å². The topological polar surface area (TPSA) is 54.5 Å². The second-order valence-corrected chi connectivity index (χ2v) is 7.81. The van der Waals surface area contributed by atoms with Gasteiger partial charge in [0, 0.05) is 18.2 Å². The van der Waals surface area contributed by atoms with E-state index < -0.39 is 10.0 Å². The van der Waals surface area contributed by atoms with Crippen molar-refractivity contribution in [3.8, 4) is 0 Å². The third-order valence-corrected chi connectivity index (χ3v) is 5.98. The summed E-state index contributed by atoms with van der Waals surface area (Å²) in [6.45, 7) is 3.34. The zero-order valence-corrected chi connectivity index (χ0v) is 14.5. The van der Waals surface area contributed by atoms with E-state index in [1.165, 1.54) is 17.3 Å². The Morgan fingerprint density at radius 3 is 2.29 bits per heavy atom. The Bertz CT molecular complexity index is 884. The number of carbonyl (C=O) groups excluding carboxylic acids is 1. The molecular weight excluding hydrogens is 322 g/mol. The van der Waals surface area contributed by atoms with E-state index in [2.05, 4.69) is 0 Å². The van der Waals surface area contributed by atoms with E-state index in [0.717, 1.165) is 11.1 Å². The highest BCUT2D eigenvalue weighted by molar-refractivity contribution is 7.89. The van der Waals surface area contributed by atoms with Crippen LogP contribution in [0.25, 0.3) is 0 Å². The average Bonchev–Trinajstić information content (AvgIpc) is 2.51. The lowest BCUT2D eigenvalue weighted by Crippen LogP contribution is -2.43. The molecule has 124 valence electrons. The fraction of sp³-hybridized carbons (Fsp3) is 0.211. The maximum atomic E-state index is 13.1. The lowest BCUT2D eigenvalue weighted by atomic mass is 9.94. The van der Waals surface area contributed by atoms with Crippen molar-refractivity contribution in [2.24, 2.45) is 0 Å². The quantitative estimate of drug-likeness (QED) is 0.799. The first-order valence-electron chi connectivity index (χ1n) is 7.77. The highest BCUT2D eigenvalue weighted by atomic mass is 32.2. The van der Waals surface area contributed by atoms with Gasteiger partial charge in [-0.15, -0.1) is 0 Å². The Labute approximate surface area is 142 Å². The number of benzene rings is 2. The van der Waals surface area contributed by atoms with Crippen molar-refractivity contribution in [1.29, 1.82) is 0 Å². The molecular formula is C19H19NO3S. The number of rotatable bonds is 4. The Morgan fingerprint density at radius 1 is 1.08 bits per heavy atom. The van der Waals surface area contributed by atoms with Gasteiger partial charge in [-0.3, -0.25) is 9.10 Å². The lowest BCUT2D eigenvalue weighted by molar-refractivity contribution is -0.112. The minimum absolute atomic E-state index is 0.152. The summed E-state index contributed by atoms with van der Waals surface area (Å²) in [5.41, 5.74) is 2.46. The molecule has 2 aromatic rings. The van der Waals surface area contributed by atoms with Crippen LogP contribution in [0.5, 0.6) is 0 Å². The van der Waals surface area contributed by atoms with Gasteiger partial charge in [0.1, 0.15) is 0 Å². The monoisotopic (exact) mass is 341 g/mol. The van der Waals surface area contributed by atoms with Gasteiger partial charge in [-0.05, 0) is 31.5 Å². The zero-order chi connectivity index (χ0) is 17.3. The summed E-state index contributed by atoms with van der Waals surface area (Å²) in [5.74, 6) is -0.152. The summed E-state index contributed by atoms with van der Waals surface area (Å²) in [6, 6.07) is 16.0. The van der Waals surface area contributed by atoms with Crippen molar-refractivity contribution in [3.05, 3.63) is 77.5 Å². The predicted octanol–water partition coefficient (Wildman–Crippen LogP) is 3.60. The number of allylic oxidation sites excluding steroid dienone is 1. The second-order valence-electron chi connectivity index (χ2n) is 5.99. The number of sulfonamides is 1. The molecule has 4 nitrogen and oxygen atoms in total. The maximum Gasteiger partial charge on any atom is 0.264 e. The van der Waals surface area contributed by atoms with Crippen LogP contribution in [-0.2, 0) is 14.8 Å². The highest BCUT2D eigenvalue weighted by Crippen LogP contribution is 2.45. The van der Waals surface area contributed by atoms with Crippen molar-refractivity contribution >= 4 is 15.8 Å². The lowest BCUT2D eigenvalue weighted by Gasteiger charge is -2.44. The first-order valence-corrected chi connectivity index (χ1v) is 9.21. The van der Waals surface area contributed by atoms with E-state index in [9.17, 15) is 13.2 Å². The summed E-state index contributed by atoms with van der Waals surface area (Å²) >= 11 is 0. The molecule has 0 bridgehead atoms. The summed E-state index contributed by atoms with van der Waals surface area (Å²) in [6.07, 6.45) is 1.94. The summed E-state index contributed by atoms with van der Waals surface area (Å²) in [5, 5.41) is 0. The van der Waals surface area contributed by atoms with Gasteiger partial charge in [-0.2, -0.15) is 0 Å². The number of hydrogen-bond acceptors (Lipinski definition) is 3. The van der Waals surface area contributed by atoms with E-state index in [4.69, 9.17) is 0 Å². The Kier molecular flexibility index (Phi) is 4.28. The van der Waals surface area contributed by atoms with Gasteiger partial charge in [0.25, 0.3) is 10.0 Å². The Balaban J connectivity index is 2.04. The Hall–Kier alpha value is -2.40. The van der Waals surface area contributed by atoms with E-state index in [-0.39, 0.29) is 16.7 Å². The molecule has 1 aliphatic rings. The van der Waals surface area contributed by atoms with E-state index in [1.807, 2.05) is 37.3 Å². The normalized spacial score (nSPS) is 19.2. The molecule has 0 radical (unpaired) electrons. The third-order valence-electron chi connectivity index (χ3n) is 4.10. The molecule has 3 rings (SSSR count).